The lowest BCUT2D eigenvalue weighted by molar-refractivity contribution is -0.139. The minimum atomic E-state index is -0.373. The number of Topliss-reactive ketones (excluding diaryl/α,β-unsaturated/α-hetero) is 1. The van der Waals surface area contributed by atoms with E-state index in [9.17, 15) is 9.59 Å². The number of nitrogens with zero attached hydrogens (tertiary/aromatic N) is 1. The molecule has 0 radical (unpaired) electrons. The van der Waals surface area contributed by atoms with Gasteiger partial charge in [-0.2, -0.15) is 0 Å². The highest BCUT2D eigenvalue weighted by Gasteiger charge is 2.43. The molecule has 1 fully saturated rings. The van der Waals surface area contributed by atoms with Crippen molar-refractivity contribution in [3.63, 3.8) is 0 Å². The Bertz CT molecular complexity index is 764. The van der Waals surface area contributed by atoms with Gasteiger partial charge in [-0.25, -0.2) is 4.79 Å². The third-order valence-electron chi connectivity index (χ3n) is 5.09. The number of hydrogen-bond acceptors (Lipinski definition) is 4. The van der Waals surface area contributed by atoms with E-state index >= 15 is 0 Å². The number of rotatable bonds is 5. The van der Waals surface area contributed by atoms with Gasteiger partial charge in [0.05, 0.1) is 18.1 Å². The van der Waals surface area contributed by atoms with Crippen LogP contribution in [0.1, 0.15) is 57.4 Å². The first-order valence-corrected chi connectivity index (χ1v) is 9.64. The number of aliphatic imine (C=N–C) groups is 1. The molecule has 1 aliphatic heterocycles. The first-order chi connectivity index (χ1) is 12.5. The van der Waals surface area contributed by atoms with Gasteiger partial charge in [-0.3, -0.25) is 9.79 Å². The quantitative estimate of drug-likeness (QED) is 0.546. The Kier molecular flexibility index (Phi) is 5.92. The van der Waals surface area contributed by atoms with Crippen molar-refractivity contribution in [1.82, 2.24) is 0 Å². The molecular formula is C21H24ClNO3. The van der Waals surface area contributed by atoms with Crippen LogP contribution in [0, 0.1) is 5.92 Å². The molecule has 1 heterocycles. The second-order valence-electron chi connectivity index (χ2n) is 6.92. The van der Waals surface area contributed by atoms with E-state index < -0.39 is 0 Å². The van der Waals surface area contributed by atoms with Crippen LogP contribution in [-0.4, -0.2) is 24.1 Å². The van der Waals surface area contributed by atoms with Gasteiger partial charge in [0.1, 0.15) is 5.78 Å². The lowest BCUT2D eigenvalue weighted by Crippen LogP contribution is -2.39. The third-order valence-corrected chi connectivity index (χ3v) is 5.34. The fourth-order valence-corrected chi connectivity index (χ4v) is 3.93. The van der Waals surface area contributed by atoms with E-state index in [2.05, 4.69) is 4.99 Å². The molecule has 2 atom stereocenters. The number of ether oxygens (including phenoxy) is 1. The zero-order valence-electron chi connectivity index (χ0n) is 15.3. The molecule has 0 spiro atoms. The fourth-order valence-electron chi connectivity index (χ4n) is 3.80. The Balaban J connectivity index is 2.03. The zero-order valence-corrected chi connectivity index (χ0v) is 16.0. The van der Waals surface area contributed by atoms with Crippen LogP contribution in [0.5, 0.6) is 0 Å². The van der Waals surface area contributed by atoms with Crippen molar-refractivity contribution in [2.24, 2.45) is 10.9 Å². The predicted molar refractivity (Wildman–Crippen MR) is 103 cm³/mol. The Morgan fingerprint density at radius 1 is 1.23 bits per heavy atom. The van der Waals surface area contributed by atoms with Crippen molar-refractivity contribution in [3.05, 3.63) is 46.1 Å². The number of hydrogen-bond donors (Lipinski definition) is 0. The van der Waals surface area contributed by atoms with Crippen molar-refractivity contribution in [1.29, 1.82) is 0 Å². The second kappa shape index (κ2) is 8.17. The molecule has 3 rings (SSSR count). The first kappa shape index (κ1) is 18.8. The monoisotopic (exact) mass is 373 g/mol. The van der Waals surface area contributed by atoms with Crippen molar-refractivity contribution >= 4 is 29.1 Å². The average Bonchev–Trinajstić information content (AvgIpc) is 2.61. The molecule has 5 heteroatoms. The lowest BCUT2D eigenvalue weighted by atomic mass is 9.69. The molecule has 138 valence electrons. The van der Waals surface area contributed by atoms with Crippen LogP contribution in [0.25, 0.3) is 0 Å². The van der Waals surface area contributed by atoms with Crippen LogP contribution in [0.15, 0.2) is 40.5 Å². The number of carbonyl (C=O) groups excluding carboxylic acids is 2. The van der Waals surface area contributed by atoms with E-state index in [4.69, 9.17) is 16.3 Å². The molecule has 0 saturated heterocycles. The Hall–Kier alpha value is -1.94. The smallest absolute Gasteiger partial charge is 0.336 e. The topological polar surface area (TPSA) is 55.7 Å². The predicted octanol–water partition coefficient (Wildman–Crippen LogP) is 4.86. The Morgan fingerprint density at radius 2 is 1.96 bits per heavy atom. The summed E-state index contributed by atoms with van der Waals surface area (Å²) >= 11 is 6.03. The van der Waals surface area contributed by atoms with Gasteiger partial charge in [-0.15, -0.1) is 0 Å². The van der Waals surface area contributed by atoms with Crippen molar-refractivity contribution in [2.45, 2.75) is 51.9 Å². The molecule has 0 unspecified atom stereocenters. The number of esters is 1. The lowest BCUT2D eigenvalue weighted by Gasteiger charge is -2.35. The van der Waals surface area contributed by atoms with E-state index in [0.717, 1.165) is 37.0 Å². The molecular weight excluding hydrogens is 350 g/mol. The molecule has 1 saturated carbocycles. The molecule has 0 amide bonds. The Morgan fingerprint density at radius 3 is 2.65 bits per heavy atom. The molecule has 0 bridgehead atoms. The summed E-state index contributed by atoms with van der Waals surface area (Å²) in [6.07, 6.45) is 3.93. The van der Waals surface area contributed by atoms with Crippen LogP contribution in [0.4, 0.5) is 0 Å². The van der Waals surface area contributed by atoms with E-state index in [1.165, 1.54) is 0 Å². The van der Waals surface area contributed by atoms with Gasteiger partial charge >= 0.3 is 5.97 Å². The summed E-state index contributed by atoms with van der Waals surface area (Å²) in [5.74, 6) is -0.928. The van der Waals surface area contributed by atoms with Gasteiger partial charge in [0.2, 0.25) is 0 Å². The maximum Gasteiger partial charge on any atom is 0.336 e. The maximum atomic E-state index is 12.8. The summed E-state index contributed by atoms with van der Waals surface area (Å²) in [5.41, 5.74) is 2.97. The largest absolute Gasteiger partial charge is 0.462 e. The van der Waals surface area contributed by atoms with Gasteiger partial charge in [0.25, 0.3) is 0 Å². The standard InChI is InChI=1S/C21H24ClNO3/c1-3-4-12-26-21(25)18-13(2)23-16-6-5-7-17(24)20(16)19(18)14-8-10-15(22)11-9-14/h8-11,19-20H,3-7,12H2,1-2H3/t19-,20-/m1/s1. The van der Waals surface area contributed by atoms with Crippen molar-refractivity contribution in [2.75, 3.05) is 6.61 Å². The summed E-state index contributed by atoms with van der Waals surface area (Å²) in [5, 5.41) is 0.626. The maximum absolute atomic E-state index is 12.8. The molecule has 1 aromatic rings. The fraction of sp³-hybridized carbons (Fsp3) is 0.476. The Labute approximate surface area is 159 Å². The molecule has 2 aliphatic rings. The number of ketones is 1. The average molecular weight is 374 g/mol. The minimum Gasteiger partial charge on any atom is -0.462 e. The number of halogens is 1. The number of fused-ring (bicyclic) bond motifs is 1. The van der Waals surface area contributed by atoms with Gasteiger partial charge < -0.3 is 4.74 Å². The normalized spacial score (nSPS) is 22.7. The third kappa shape index (κ3) is 3.75. The van der Waals surface area contributed by atoms with Crippen LogP contribution in [0.2, 0.25) is 5.02 Å². The van der Waals surface area contributed by atoms with E-state index in [0.29, 0.717) is 29.3 Å². The molecule has 1 aromatic carbocycles. The van der Waals surface area contributed by atoms with Crippen LogP contribution in [0.3, 0.4) is 0 Å². The second-order valence-corrected chi connectivity index (χ2v) is 7.35. The number of unbranched alkanes of at least 4 members (excludes halogenated alkanes) is 1. The highest BCUT2D eigenvalue weighted by Crippen LogP contribution is 2.43. The number of allylic oxidation sites excluding steroid dienone is 1. The minimum absolute atomic E-state index is 0.154. The molecule has 0 N–H and O–H groups in total. The zero-order chi connectivity index (χ0) is 18.7. The van der Waals surface area contributed by atoms with Gasteiger partial charge in [-0.05, 0) is 43.9 Å². The van der Waals surface area contributed by atoms with Gasteiger partial charge in [0, 0.05) is 28.8 Å². The summed E-state index contributed by atoms with van der Waals surface area (Å²) in [4.78, 5) is 30.2. The molecule has 1 aliphatic carbocycles. The summed E-state index contributed by atoms with van der Waals surface area (Å²) in [6.45, 7) is 4.27. The molecule has 0 aromatic heterocycles. The number of benzene rings is 1. The highest BCUT2D eigenvalue weighted by molar-refractivity contribution is 6.30. The molecule has 4 nitrogen and oxygen atoms in total. The number of carbonyl (C=O) groups is 2. The van der Waals surface area contributed by atoms with Crippen molar-refractivity contribution in [3.8, 4) is 0 Å². The van der Waals surface area contributed by atoms with Crippen LogP contribution >= 0.6 is 11.6 Å². The summed E-state index contributed by atoms with van der Waals surface area (Å²) in [7, 11) is 0. The SMILES string of the molecule is CCCCOC(=O)C1=C(C)N=C2CCCC(=O)[C@@H]2[C@@H]1c1ccc(Cl)cc1. The van der Waals surface area contributed by atoms with E-state index in [1.54, 1.807) is 12.1 Å². The van der Waals surface area contributed by atoms with Gasteiger partial charge in [0.15, 0.2) is 0 Å². The van der Waals surface area contributed by atoms with Crippen LogP contribution in [-0.2, 0) is 14.3 Å². The van der Waals surface area contributed by atoms with Gasteiger partial charge in [-0.1, -0.05) is 37.1 Å². The summed E-state index contributed by atoms with van der Waals surface area (Å²) < 4.78 is 5.48. The first-order valence-electron chi connectivity index (χ1n) is 9.26. The summed E-state index contributed by atoms with van der Waals surface area (Å²) in [6, 6.07) is 7.38. The highest BCUT2D eigenvalue weighted by atomic mass is 35.5. The van der Waals surface area contributed by atoms with Crippen LogP contribution < -0.4 is 0 Å². The van der Waals surface area contributed by atoms with E-state index in [-0.39, 0.29) is 23.6 Å². The van der Waals surface area contributed by atoms with Crippen molar-refractivity contribution < 1.29 is 14.3 Å². The molecule has 26 heavy (non-hydrogen) atoms. The van der Waals surface area contributed by atoms with E-state index in [1.807, 2.05) is 26.0 Å².